The minimum atomic E-state index is 0.257. The lowest BCUT2D eigenvalue weighted by molar-refractivity contribution is 0.399. The fourth-order valence-electron chi connectivity index (χ4n) is 1.98. The molecule has 0 aromatic carbocycles. The SMILES string of the molecule is Cc1ccc(C(NN)C2CCSC2)cn1. The van der Waals surface area contributed by atoms with E-state index < -0.39 is 0 Å². The van der Waals surface area contributed by atoms with Crippen LogP contribution in [0, 0.1) is 12.8 Å². The standard InChI is InChI=1S/C11H17N3S/c1-8-2-3-9(6-13-8)11(14-12)10-4-5-15-7-10/h2-3,6,10-11,14H,4-5,7,12H2,1H3. The summed E-state index contributed by atoms with van der Waals surface area (Å²) in [5.41, 5.74) is 5.18. The largest absolute Gasteiger partial charge is 0.271 e. The molecule has 1 aliphatic rings. The Morgan fingerprint density at radius 2 is 2.47 bits per heavy atom. The second-order valence-corrected chi connectivity index (χ2v) is 5.15. The van der Waals surface area contributed by atoms with Gasteiger partial charge < -0.3 is 0 Å². The van der Waals surface area contributed by atoms with Crippen LogP contribution < -0.4 is 11.3 Å². The Morgan fingerprint density at radius 1 is 1.60 bits per heavy atom. The van der Waals surface area contributed by atoms with Crippen LogP contribution in [-0.2, 0) is 0 Å². The van der Waals surface area contributed by atoms with Gasteiger partial charge in [0, 0.05) is 11.9 Å². The molecule has 1 fully saturated rings. The van der Waals surface area contributed by atoms with E-state index in [2.05, 4.69) is 16.5 Å². The molecule has 0 aliphatic carbocycles. The van der Waals surface area contributed by atoms with E-state index in [0.29, 0.717) is 5.92 Å². The molecule has 1 aliphatic heterocycles. The molecule has 15 heavy (non-hydrogen) atoms. The quantitative estimate of drug-likeness (QED) is 0.604. The lowest BCUT2D eigenvalue weighted by atomic mass is 9.94. The van der Waals surface area contributed by atoms with Gasteiger partial charge in [-0.2, -0.15) is 11.8 Å². The van der Waals surface area contributed by atoms with E-state index in [1.807, 2.05) is 30.9 Å². The molecule has 2 atom stereocenters. The van der Waals surface area contributed by atoms with Crippen molar-refractivity contribution in [2.45, 2.75) is 19.4 Å². The van der Waals surface area contributed by atoms with E-state index >= 15 is 0 Å². The van der Waals surface area contributed by atoms with Crippen molar-refractivity contribution in [3.8, 4) is 0 Å². The predicted molar refractivity (Wildman–Crippen MR) is 64.5 cm³/mol. The third-order valence-corrected chi connectivity index (χ3v) is 4.10. The number of thioether (sulfide) groups is 1. The summed E-state index contributed by atoms with van der Waals surface area (Å²) in [6.45, 7) is 2.00. The van der Waals surface area contributed by atoms with Crippen molar-refractivity contribution in [1.82, 2.24) is 10.4 Å². The summed E-state index contributed by atoms with van der Waals surface area (Å²) in [5.74, 6) is 8.73. The number of rotatable bonds is 3. The molecule has 3 nitrogen and oxygen atoms in total. The number of nitrogens with zero attached hydrogens (tertiary/aromatic N) is 1. The molecule has 2 unspecified atom stereocenters. The van der Waals surface area contributed by atoms with Crippen molar-refractivity contribution < 1.29 is 0 Å². The van der Waals surface area contributed by atoms with Crippen molar-refractivity contribution in [2.75, 3.05) is 11.5 Å². The topological polar surface area (TPSA) is 50.9 Å². The van der Waals surface area contributed by atoms with Crippen molar-refractivity contribution in [2.24, 2.45) is 11.8 Å². The van der Waals surface area contributed by atoms with Crippen LogP contribution in [0.25, 0.3) is 0 Å². The summed E-state index contributed by atoms with van der Waals surface area (Å²) >= 11 is 2.01. The van der Waals surface area contributed by atoms with Gasteiger partial charge in [0.1, 0.15) is 0 Å². The Kier molecular flexibility index (Phi) is 3.61. The zero-order valence-corrected chi connectivity index (χ0v) is 9.76. The number of aromatic nitrogens is 1. The van der Waals surface area contributed by atoms with Crippen LogP contribution >= 0.6 is 11.8 Å². The maximum atomic E-state index is 5.64. The molecule has 1 aromatic heterocycles. The summed E-state index contributed by atoms with van der Waals surface area (Å²) in [5, 5.41) is 0. The van der Waals surface area contributed by atoms with Gasteiger partial charge in [-0.15, -0.1) is 0 Å². The maximum Gasteiger partial charge on any atom is 0.0511 e. The molecule has 82 valence electrons. The number of nitrogens with two attached hydrogens (primary N) is 1. The molecule has 1 saturated heterocycles. The smallest absolute Gasteiger partial charge is 0.0511 e. The van der Waals surface area contributed by atoms with Crippen molar-refractivity contribution >= 4 is 11.8 Å². The number of aryl methyl sites for hydroxylation is 1. The zero-order valence-electron chi connectivity index (χ0n) is 8.94. The lowest BCUT2D eigenvalue weighted by Crippen LogP contribution is -2.33. The molecule has 3 N–H and O–H groups in total. The number of pyridine rings is 1. The third kappa shape index (κ3) is 2.51. The van der Waals surface area contributed by atoms with Crippen molar-refractivity contribution in [3.63, 3.8) is 0 Å². The molecule has 1 aromatic rings. The van der Waals surface area contributed by atoms with Gasteiger partial charge in [-0.3, -0.25) is 16.3 Å². The van der Waals surface area contributed by atoms with E-state index in [1.165, 1.54) is 23.5 Å². The first kappa shape index (κ1) is 10.9. The summed E-state index contributed by atoms with van der Waals surface area (Å²) in [6.07, 6.45) is 3.18. The van der Waals surface area contributed by atoms with Gasteiger partial charge in [0.2, 0.25) is 0 Å². The summed E-state index contributed by atoms with van der Waals surface area (Å²) in [7, 11) is 0. The van der Waals surface area contributed by atoms with E-state index in [4.69, 9.17) is 5.84 Å². The second-order valence-electron chi connectivity index (χ2n) is 4.00. The highest BCUT2D eigenvalue weighted by Gasteiger charge is 2.25. The summed E-state index contributed by atoms with van der Waals surface area (Å²) in [4.78, 5) is 4.32. The Balaban J connectivity index is 2.14. The number of hydrazine groups is 1. The molecule has 0 bridgehead atoms. The molecular weight excluding hydrogens is 206 g/mol. The molecule has 2 heterocycles. The van der Waals surface area contributed by atoms with Crippen LogP contribution in [0.4, 0.5) is 0 Å². The molecule has 0 radical (unpaired) electrons. The van der Waals surface area contributed by atoms with Gasteiger partial charge in [0.05, 0.1) is 6.04 Å². The van der Waals surface area contributed by atoms with Gasteiger partial charge in [0.15, 0.2) is 0 Å². The monoisotopic (exact) mass is 223 g/mol. The third-order valence-electron chi connectivity index (χ3n) is 2.91. The fourth-order valence-corrected chi connectivity index (χ4v) is 3.28. The minimum Gasteiger partial charge on any atom is -0.271 e. The zero-order chi connectivity index (χ0) is 10.7. The predicted octanol–water partition coefficient (Wildman–Crippen LogP) is 1.65. The first-order chi connectivity index (χ1) is 7.31. The minimum absolute atomic E-state index is 0.257. The van der Waals surface area contributed by atoms with Gasteiger partial charge in [-0.25, -0.2) is 0 Å². The fraction of sp³-hybridized carbons (Fsp3) is 0.545. The van der Waals surface area contributed by atoms with Crippen LogP contribution in [0.15, 0.2) is 18.3 Å². The van der Waals surface area contributed by atoms with Crippen LogP contribution in [0.2, 0.25) is 0 Å². The molecule has 0 saturated carbocycles. The average Bonchev–Trinajstić information content (AvgIpc) is 2.75. The van der Waals surface area contributed by atoms with Gasteiger partial charge in [0.25, 0.3) is 0 Å². The van der Waals surface area contributed by atoms with Crippen LogP contribution in [0.3, 0.4) is 0 Å². The van der Waals surface area contributed by atoms with E-state index in [1.54, 1.807) is 0 Å². The highest BCUT2D eigenvalue weighted by atomic mass is 32.2. The first-order valence-electron chi connectivity index (χ1n) is 5.27. The number of nitrogens with one attached hydrogen (secondary N) is 1. The lowest BCUT2D eigenvalue weighted by Gasteiger charge is -2.22. The molecule has 4 heteroatoms. The molecule has 0 amide bonds. The average molecular weight is 223 g/mol. The highest BCUT2D eigenvalue weighted by molar-refractivity contribution is 7.99. The summed E-state index contributed by atoms with van der Waals surface area (Å²) in [6, 6.07) is 4.42. The normalized spacial score (nSPS) is 22.9. The van der Waals surface area contributed by atoms with E-state index in [-0.39, 0.29) is 6.04 Å². The second kappa shape index (κ2) is 4.96. The van der Waals surface area contributed by atoms with E-state index in [9.17, 15) is 0 Å². The Hall–Kier alpha value is -0.580. The molecule has 0 spiro atoms. The Bertz CT molecular complexity index is 306. The van der Waals surface area contributed by atoms with Gasteiger partial charge >= 0.3 is 0 Å². The first-order valence-corrected chi connectivity index (χ1v) is 6.43. The highest BCUT2D eigenvalue weighted by Crippen LogP contribution is 2.33. The van der Waals surface area contributed by atoms with Gasteiger partial charge in [-0.1, -0.05) is 6.07 Å². The summed E-state index contributed by atoms with van der Waals surface area (Å²) < 4.78 is 0. The van der Waals surface area contributed by atoms with Crippen LogP contribution in [0.5, 0.6) is 0 Å². The number of hydrogen-bond acceptors (Lipinski definition) is 4. The maximum absolute atomic E-state index is 5.64. The van der Waals surface area contributed by atoms with Crippen LogP contribution in [-0.4, -0.2) is 16.5 Å². The number of hydrogen-bond donors (Lipinski definition) is 2. The Morgan fingerprint density at radius 3 is 3.00 bits per heavy atom. The molecular formula is C11H17N3S. The van der Waals surface area contributed by atoms with E-state index in [0.717, 1.165) is 5.69 Å². The van der Waals surface area contributed by atoms with Crippen molar-refractivity contribution in [1.29, 1.82) is 0 Å². The van der Waals surface area contributed by atoms with Gasteiger partial charge in [-0.05, 0) is 42.4 Å². The van der Waals surface area contributed by atoms with Crippen LogP contribution in [0.1, 0.15) is 23.7 Å². The molecule has 2 rings (SSSR count). The van der Waals surface area contributed by atoms with Crippen molar-refractivity contribution in [3.05, 3.63) is 29.6 Å². The Labute approximate surface area is 94.8 Å².